The molecular formula is C21H35NO. The fourth-order valence-corrected chi connectivity index (χ4v) is 3.48. The van der Waals surface area contributed by atoms with Crippen LogP contribution in [-0.4, -0.2) is 19.2 Å². The first-order valence-corrected chi connectivity index (χ1v) is 9.77. The van der Waals surface area contributed by atoms with Gasteiger partial charge in [0.1, 0.15) is 5.75 Å². The van der Waals surface area contributed by atoms with Crippen LogP contribution in [0.5, 0.6) is 5.75 Å². The van der Waals surface area contributed by atoms with Crippen molar-refractivity contribution in [1.82, 2.24) is 5.32 Å². The van der Waals surface area contributed by atoms with Crippen molar-refractivity contribution < 1.29 is 4.74 Å². The predicted molar refractivity (Wildman–Crippen MR) is 99.4 cm³/mol. The Balaban J connectivity index is 1.71. The van der Waals surface area contributed by atoms with Crippen LogP contribution in [0.15, 0.2) is 24.3 Å². The van der Waals surface area contributed by atoms with E-state index in [1.807, 2.05) is 0 Å². The standard InChI is InChI=1S/C21H35NO/c1-3-4-5-6-7-8-11-18(2)23-21-14-9-12-19(16-21)20-13-10-15-22-17-20/h9,12,14,16,18,20,22H,3-8,10-11,13,15,17H2,1-2H3. The number of ether oxygens (including phenoxy) is 1. The highest BCUT2D eigenvalue weighted by molar-refractivity contribution is 5.31. The van der Waals surface area contributed by atoms with Crippen molar-refractivity contribution in [3.05, 3.63) is 29.8 Å². The molecule has 0 amide bonds. The van der Waals surface area contributed by atoms with Gasteiger partial charge in [-0.15, -0.1) is 0 Å². The van der Waals surface area contributed by atoms with Crippen LogP contribution in [-0.2, 0) is 0 Å². The SMILES string of the molecule is CCCCCCCCC(C)Oc1cccc(C2CCCNC2)c1. The van der Waals surface area contributed by atoms with Gasteiger partial charge in [-0.2, -0.15) is 0 Å². The maximum Gasteiger partial charge on any atom is 0.119 e. The number of hydrogen-bond donors (Lipinski definition) is 1. The molecule has 0 saturated carbocycles. The van der Waals surface area contributed by atoms with Gasteiger partial charge in [0, 0.05) is 6.54 Å². The fraction of sp³-hybridized carbons (Fsp3) is 0.714. The van der Waals surface area contributed by atoms with Crippen molar-refractivity contribution in [3.63, 3.8) is 0 Å². The normalized spacial score (nSPS) is 19.5. The maximum absolute atomic E-state index is 6.15. The van der Waals surface area contributed by atoms with Crippen LogP contribution in [0.2, 0.25) is 0 Å². The summed E-state index contributed by atoms with van der Waals surface area (Å²) >= 11 is 0. The van der Waals surface area contributed by atoms with Crippen LogP contribution in [0, 0.1) is 0 Å². The van der Waals surface area contributed by atoms with Gasteiger partial charge in [0.2, 0.25) is 0 Å². The van der Waals surface area contributed by atoms with E-state index in [2.05, 4.69) is 43.4 Å². The van der Waals surface area contributed by atoms with E-state index in [-0.39, 0.29) is 0 Å². The Labute approximate surface area is 143 Å². The van der Waals surface area contributed by atoms with Crippen molar-refractivity contribution in [1.29, 1.82) is 0 Å². The van der Waals surface area contributed by atoms with Gasteiger partial charge in [-0.3, -0.25) is 0 Å². The summed E-state index contributed by atoms with van der Waals surface area (Å²) in [6.45, 7) is 6.76. The molecule has 2 nitrogen and oxygen atoms in total. The van der Waals surface area contributed by atoms with Crippen molar-refractivity contribution in [2.45, 2.75) is 83.7 Å². The average Bonchev–Trinajstić information content (AvgIpc) is 2.59. The summed E-state index contributed by atoms with van der Waals surface area (Å²) in [6.07, 6.45) is 12.2. The topological polar surface area (TPSA) is 21.3 Å². The van der Waals surface area contributed by atoms with E-state index < -0.39 is 0 Å². The third-order valence-corrected chi connectivity index (χ3v) is 4.93. The molecule has 2 heteroatoms. The minimum absolute atomic E-state index is 0.320. The molecule has 1 aromatic carbocycles. The highest BCUT2D eigenvalue weighted by Crippen LogP contribution is 2.27. The molecule has 1 aliphatic heterocycles. The van der Waals surface area contributed by atoms with E-state index in [1.165, 1.54) is 69.9 Å². The first kappa shape index (κ1) is 18.3. The van der Waals surface area contributed by atoms with Crippen molar-refractivity contribution in [2.24, 2.45) is 0 Å². The lowest BCUT2D eigenvalue weighted by Crippen LogP contribution is -2.28. The lowest BCUT2D eigenvalue weighted by molar-refractivity contribution is 0.206. The number of nitrogens with one attached hydrogen (secondary N) is 1. The molecule has 2 atom stereocenters. The molecule has 2 unspecified atom stereocenters. The van der Waals surface area contributed by atoms with Gasteiger partial charge in [-0.05, 0) is 62.8 Å². The quantitative estimate of drug-likeness (QED) is 0.561. The highest BCUT2D eigenvalue weighted by Gasteiger charge is 2.15. The second kappa shape index (κ2) is 10.7. The van der Waals surface area contributed by atoms with E-state index in [1.54, 1.807) is 0 Å². The van der Waals surface area contributed by atoms with Crippen molar-refractivity contribution in [2.75, 3.05) is 13.1 Å². The molecule has 1 saturated heterocycles. The summed E-state index contributed by atoms with van der Waals surface area (Å²) in [4.78, 5) is 0. The van der Waals surface area contributed by atoms with Crippen LogP contribution < -0.4 is 10.1 Å². The third-order valence-electron chi connectivity index (χ3n) is 4.93. The Morgan fingerprint density at radius 1 is 1.17 bits per heavy atom. The lowest BCUT2D eigenvalue weighted by Gasteiger charge is -2.24. The number of rotatable bonds is 10. The molecule has 1 N–H and O–H groups in total. The van der Waals surface area contributed by atoms with E-state index >= 15 is 0 Å². The van der Waals surface area contributed by atoms with Gasteiger partial charge in [-0.25, -0.2) is 0 Å². The zero-order chi connectivity index (χ0) is 16.3. The van der Waals surface area contributed by atoms with Gasteiger partial charge in [0.15, 0.2) is 0 Å². The molecule has 2 rings (SSSR count). The Morgan fingerprint density at radius 2 is 2.00 bits per heavy atom. The second-order valence-electron chi connectivity index (χ2n) is 7.10. The van der Waals surface area contributed by atoms with E-state index in [0.717, 1.165) is 12.3 Å². The molecule has 0 radical (unpaired) electrons. The van der Waals surface area contributed by atoms with Gasteiger partial charge >= 0.3 is 0 Å². The molecule has 0 aliphatic carbocycles. The molecule has 0 spiro atoms. The summed E-state index contributed by atoms with van der Waals surface area (Å²) in [5.74, 6) is 1.70. The molecule has 1 fully saturated rings. The first-order valence-electron chi connectivity index (χ1n) is 9.77. The second-order valence-corrected chi connectivity index (χ2v) is 7.10. The highest BCUT2D eigenvalue weighted by atomic mass is 16.5. The molecule has 1 heterocycles. The number of unbranched alkanes of at least 4 members (excludes halogenated alkanes) is 5. The maximum atomic E-state index is 6.15. The molecule has 0 aromatic heterocycles. The number of hydrogen-bond acceptors (Lipinski definition) is 2. The summed E-state index contributed by atoms with van der Waals surface area (Å²) in [5.41, 5.74) is 1.43. The van der Waals surface area contributed by atoms with E-state index in [4.69, 9.17) is 4.74 Å². The summed E-state index contributed by atoms with van der Waals surface area (Å²) in [7, 11) is 0. The minimum Gasteiger partial charge on any atom is -0.491 e. The van der Waals surface area contributed by atoms with Crippen LogP contribution in [0.1, 0.15) is 83.1 Å². The van der Waals surface area contributed by atoms with Gasteiger partial charge in [0.25, 0.3) is 0 Å². The molecule has 0 bridgehead atoms. The zero-order valence-corrected chi connectivity index (χ0v) is 15.2. The van der Waals surface area contributed by atoms with E-state index in [0.29, 0.717) is 12.0 Å². The van der Waals surface area contributed by atoms with Gasteiger partial charge < -0.3 is 10.1 Å². The molecule has 130 valence electrons. The molecular weight excluding hydrogens is 282 g/mol. The Bertz CT molecular complexity index is 426. The minimum atomic E-state index is 0.320. The summed E-state index contributed by atoms with van der Waals surface area (Å²) < 4.78 is 6.15. The fourth-order valence-electron chi connectivity index (χ4n) is 3.48. The zero-order valence-electron chi connectivity index (χ0n) is 15.2. The monoisotopic (exact) mass is 317 g/mol. The summed E-state index contributed by atoms with van der Waals surface area (Å²) in [5, 5.41) is 3.50. The van der Waals surface area contributed by atoms with Gasteiger partial charge in [0.05, 0.1) is 6.10 Å². The van der Waals surface area contributed by atoms with Crippen molar-refractivity contribution >= 4 is 0 Å². The Morgan fingerprint density at radius 3 is 2.78 bits per heavy atom. The molecule has 1 aliphatic rings. The van der Waals surface area contributed by atoms with Crippen LogP contribution in [0.4, 0.5) is 0 Å². The van der Waals surface area contributed by atoms with Crippen molar-refractivity contribution in [3.8, 4) is 5.75 Å². The number of benzene rings is 1. The third kappa shape index (κ3) is 6.95. The summed E-state index contributed by atoms with van der Waals surface area (Å²) in [6, 6.07) is 8.77. The average molecular weight is 318 g/mol. The Hall–Kier alpha value is -1.02. The first-order chi connectivity index (χ1) is 11.3. The lowest BCUT2D eigenvalue weighted by atomic mass is 9.92. The van der Waals surface area contributed by atoms with Crippen LogP contribution >= 0.6 is 0 Å². The largest absolute Gasteiger partial charge is 0.491 e. The molecule has 23 heavy (non-hydrogen) atoms. The molecule has 1 aromatic rings. The van der Waals surface area contributed by atoms with Crippen LogP contribution in [0.25, 0.3) is 0 Å². The predicted octanol–water partition coefficient (Wildman–Crippen LogP) is 5.67. The van der Waals surface area contributed by atoms with Gasteiger partial charge in [-0.1, -0.05) is 51.2 Å². The van der Waals surface area contributed by atoms with Crippen LogP contribution in [0.3, 0.4) is 0 Å². The number of piperidine rings is 1. The smallest absolute Gasteiger partial charge is 0.119 e. The van der Waals surface area contributed by atoms with E-state index in [9.17, 15) is 0 Å². The Kier molecular flexibility index (Phi) is 8.52.